The lowest BCUT2D eigenvalue weighted by atomic mass is 9.93. The van der Waals surface area contributed by atoms with E-state index < -0.39 is 11.5 Å². The quantitative estimate of drug-likeness (QED) is 0.724. The van der Waals surface area contributed by atoms with E-state index in [1.807, 2.05) is 30.3 Å². The first kappa shape index (κ1) is 16.3. The molecule has 5 nitrogen and oxygen atoms in total. The number of amides is 1. The Morgan fingerprint density at radius 1 is 1.18 bits per heavy atom. The summed E-state index contributed by atoms with van der Waals surface area (Å²) in [5.74, 6) is -0.143. The van der Waals surface area contributed by atoms with Crippen LogP contribution in [-0.2, 0) is 9.59 Å². The standard InChI is InChI=1S/C17H23NO4/c19-15(9-6-12-22-14-7-2-1-3-8-14)18-17(13-16(20)21)10-4-5-11-17/h1-3,7-8H,4-6,9-13H2,(H,18,19)(H,20,21). The number of rotatable bonds is 8. The second-order valence-corrected chi connectivity index (χ2v) is 5.87. The molecule has 0 spiro atoms. The third-order valence-corrected chi connectivity index (χ3v) is 4.01. The normalized spacial score (nSPS) is 16.2. The van der Waals surface area contributed by atoms with E-state index in [2.05, 4.69) is 5.32 Å². The Kier molecular flexibility index (Phi) is 5.81. The van der Waals surface area contributed by atoms with Crippen molar-refractivity contribution in [3.05, 3.63) is 30.3 Å². The lowest BCUT2D eigenvalue weighted by Crippen LogP contribution is -2.47. The molecule has 1 amide bonds. The number of carbonyl (C=O) groups is 2. The van der Waals surface area contributed by atoms with Gasteiger partial charge in [0.2, 0.25) is 5.91 Å². The highest BCUT2D eigenvalue weighted by molar-refractivity contribution is 5.78. The zero-order valence-corrected chi connectivity index (χ0v) is 12.7. The van der Waals surface area contributed by atoms with Crippen LogP contribution in [-0.4, -0.2) is 29.1 Å². The van der Waals surface area contributed by atoms with Gasteiger partial charge in [-0.2, -0.15) is 0 Å². The molecule has 2 N–H and O–H groups in total. The van der Waals surface area contributed by atoms with Crippen LogP contribution in [0.25, 0.3) is 0 Å². The summed E-state index contributed by atoms with van der Waals surface area (Å²) in [6.07, 6.45) is 4.45. The van der Waals surface area contributed by atoms with Crippen molar-refractivity contribution in [2.45, 2.75) is 50.5 Å². The molecule has 1 aliphatic rings. The number of carboxylic acids is 1. The molecule has 2 rings (SSSR count). The SMILES string of the molecule is O=C(O)CC1(NC(=O)CCCOc2ccccc2)CCCC1. The van der Waals surface area contributed by atoms with Gasteiger partial charge in [-0.15, -0.1) is 0 Å². The van der Waals surface area contributed by atoms with Crippen molar-refractivity contribution in [1.29, 1.82) is 0 Å². The van der Waals surface area contributed by atoms with Crippen LogP contribution in [0.1, 0.15) is 44.9 Å². The molecule has 0 bridgehead atoms. The number of ether oxygens (including phenoxy) is 1. The van der Waals surface area contributed by atoms with E-state index in [-0.39, 0.29) is 12.3 Å². The fourth-order valence-corrected chi connectivity index (χ4v) is 2.98. The molecule has 22 heavy (non-hydrogen) atoms. The lowest BCUT2D eigenvalue weighted by Gasteiger charge is -2.28. The van der Waals surface area contributed by atoms with Crippen molar-refractivity contribution in [3.63, 3.8) is 0 Å². The highest BCUT2D eigenvalue weighted by Crippen LogP contribution is 2.32. The lowest BCUT2D eigenvalue weighted by molar-refractivity contribution is -0.139. The molecule has 0 saturated heterocycles. The minimum atomic E-state index is -0.852. The molecule has 5 heteroatoms. The molecule has 0 aliphatic heterocycles. The van der Waals surface area contributed by atoms with Gasteiger partial charge < -0.3 is 15.2 Å². The van der Waals surface area contributed by atoms with Gasteiger partial charge in [0.25, 0.3) is 0 Å². The van der Waals surface area contributed by atoms with E-state index in [9.17, 15) is 9.59 Å². The minimum absolute atomic E-state index is 0.0132. The van der Waals surface area contributed by atoms with Crippen LogP contribution >= 0.6 is 0 Å². The van der Waals surface area contributed by atoms with E-state index in [0.29, 0.717) is 19.4 Å². The zero-order chi connectivity index (χ0) is 15.8. The number of hydrogen-bond acceptors (Lipinski definition) is 3. The third-order valence-electron chi connectivity index (χ3n) is 4.01. The van der Waals surface area contributed by atoms with E-state index in [4.69, 9.17) is 9.84 Å². The predicted octanol–water partition coefficient (Wildman–Crippen LogP) is 2.75. The van der Waals surface area contributed by atoms with Gasteiger partial charge in [0.15, 0.2) is 0 Å². The number of carboxylic acid groups (broad SMARTS) is 1. The van der Waals surface area contributed by atoms with Crippen molar-refractivity contribution in [3.8, 4) is 5.75 Å². The minimum Gasteiger partial charge on any atom is -0.494 e. The van der Waals surface area contributed by atoms with Gasteiger partial charge in [0.1, 0.15) is 5.75 Å². The van der Waals surface area contributed by atoms with Crippen LogP contribution in [0, 0.1) is 0 Å². The second kappa shape index (κ2) is 7.82. The molecule has 0 aromatic heterocycles. The molecule has 1 saturated carbocycles. The molecule has 1 aliphatic carbocycles. The van der Waals surface area contributed by atoms with Crippen LogP contribution < -0.4 is 10.1 Å². The van der Waals surface area contributed by atoms with Crippen molar-refractivity contribution in [2.24, 2.45) is 0 Å². The average Bonchev–Trinajstić information content (AvgIpc) is 2.92. The molecular formula is C17H23NO4. The largest absolute Gasteiger partial charge is 0.494 e. The van der Waals surface area contributed by atoms with Crippen LogP contribution in [0.2, 0.25) is 0 Å². The van der Waals surface area contributed by atoms with Gasteiger partial charge in [0.05, 0.1) is 18.6 Å². The Hall–Kier alpha value is -2.04. The molecule has 1 aromatic carbocycles. The summed E-state index contributed by atoms with van der Waals surface area (Å²) in [7, 11) is 0. The van der Waals surface area contributed by atoms with E-state index in [1.54, 1.807) is 0 Å². The second-order valence-electron chi connectivity index (χ2n) is 5.87. The Labute approximate surface area is 130 Å². The van der Waals surface area contributed by atoms with Crippen molar-refractivity contribution < 1.29 is 19.4 Å². The van der Waals surface area contributed by atoms with Gasteiger partial charge in [0, 0.05) is 6.42 Å². The monoisotopic (exact) mass is 305 g/mol. The van der Waals surface area contributed by atoms with Gasteiger partial charge in [-0.3, -0.25) is 9.59 Å². The molecule has 1 fully saturated rings. The summed E-state index contributed by atoms with van der Waals surface area (Å²) in [5, 5.41) is 12.0. The number of hydrogen-bond donors (Lipinski definition) is 2. The summed E-state index contributed by atoms with van der Waals surface area (Å²) in [5.41, 5.74) is -0.538. The first-order valence-electron chi connectivity index (χ1n) is 7.80. The first-order valence-corrected chi connectivity index (χ1v) is 7.80. The molecule has 0 radical (unpaired) electrons. The van der Waals surface area contributed by atoms with Gasteiger partial charge in [-0.05, 0) is 31.4 Å². The Balaban J connectivity index is 1.71. The highest BCUT2D eigenvalue weighted by Gasteiger charge is 2.37. The smallest absolute Gasteiger partial charge is 0.305 e. The van der Waals surface area contributed by atoms with E-state index in [0.717, 1.165) is 31.4 Å². The van der Waals surface area contributed by atoms with Gasteiger partial charge >= 0.3 is 5.97 Å². The fraction of sp³-hybridized carbons (Fsp3) is 0.529. The van der Waals surface area contributed by atoms with Gasteiger partial charge in [-0.1, -0.05) is 31.0 Å². The van der Waals surface area contributed by atoms with Crippen molar-refractivity contribution >= 4 is 11.9 Å². The van der Waals surface area contributed by atoms with Gasteiger partial charge in [-0.25, -0.2) is 0 Å². The molecule has 1 aromatic rings. The number of nitrogens with one attached hydrogen (secondary N) is 1. The Morgan fingerprint density at radius 2 is 1.86 bits per heavy atom. The highest BCUT2D eigenvalue weighted by atomic mass is 16.5. The maximum Gasteiger partial charge on any atom is 0.305 e. The summed E-state index contributed by atoms with van der Waals surface area (Å²) in [6.45, 7) is 0.476. The molecule has 120 valence electrons. The number of carbonyl (C=O) groups excluding carboxylic acids is 1. The molecule has 0 heterocycles. The van der Waals surface area contributed by atoms with Crippen molar-refractivity contribution in [2.75, 3.05) is 6.61 Å². The Bertz CT molecular complexity index is 495. The van der Waals surface area contributed by atoms with Crippen LogP contribution in [0.15, 0.2) is 30.3 Å². The molecular weight excluding hydrogens is 282 g/mol. The topological polar surface area (TPSA) is 75.6 Å². The first-order chi connectivity index (χ1) is 10.6. The summed E-state index contributed by atoms with van der Waals surface area (Å²) in [6, 6.07) is 9.47. The fourth-order valence-electron chi connectivity index (χ4n) is 2.98. The number of para-hydroxylation sites is 1. The summed E-state index contributed by atoms with van der Waals surface area (Å²) >= 11 is 0. The average molecular weight is 305 g/mol. The molecule has 0 atom stereocenters. The Morgan fingerprint density at radius 3 is 2.50 bits per heavy atom. The number of aliphatic carboxylic acids is 1. The number of benzene rings is 1. The predicted molar refractivity (Wildman–Crippen MR) is 82.8 cm³/mol. The maximum atomic E-state index is 12.0. The van der Waals surface area contributed by atoms with Crippen LogP contribution in [0.3, 0.4) is 0 Å². The maximum absolute atomic E-state index is 12.0. The summed E-state index contributed by atoms with van der Waals surface area (Å²) < 4.78 is 5.54. The van der Waals surface area contributed by atoms with Crippen LogP contribution in [0.4, 0.5) is 0 Å². The summed E-state index contributed by atoms with van der Waals surface area (Å²) in [4.78, 5) is 23.0. The van der Waals surface area contributed by atoms with Crippen LogP contribution in [0.5, 0.6) is 5.75 Å². The molecule has 0 unspecified atom stereocenters. The van der Waals surface area contributed by atoms with Crippen molar-refractivity contribution in [1.82, 2.24) is 5.32 Å². The van der Waals surface area contributed by atoms with E-state index >= 15 is 0 Å². The van der Waals surface area contributed by atoms with E-state index in [1.165, 1.54) is 0 Å². The zero-order valence-electron chi connectivity index (χ0n) is 12.7. The third kappa shape index (κ3) is 5.06.